The molecule has 3 atom stereocenters. The number of nitrogens with two attached hydrogens (primary N) is 1. The van der Waals surface area contributed by atoms with Crippen molar-refractivity contribution < 1.29 is 0 Å². The lowest BCUT2D eigenvalue weighted by Crippen LogP contribution is -2.53. The molecule has 1 saturated carbocycles. The Morgan fingerprint density at radius 3 is 2.45 bits per heavy atom. The number of rotatable bonds is 4. The summed E-state index contributed by atoms with van der Waals surface area (Å²) in [5.41, 5.74) is 6.62. The molecule has 3 unspecified atom stereocenters. The number of fused-ring (bicyclic) bond motifs is 1. The second kappa shape index (κ2) is 6.33. The van der Waals surface area contributed by atoms with Crippen molar-refractivity contribution in [1.82, 2.24) is 9.80 Å². The normalized spacial score (nSPS) is 39.9. The molecule has 0 aromatic rings. The molecule has 0 aromatic heterocycles. The van der Waals surface area contributed by atoms with Crippen LogP contribution in [0.5, 0.6) is 0 Å². The Hall–Kier alpha value is -0.120. The van der Waals surface area contributed by atoms with Crippen LogP contribution in [0.2, 0.25) is 0 Å². The average Bonchev–Trinajstić information content (AvgIpc) is 2.98. The third-order valence-electron chi connectivity index (χ3n) is 6.33. The SMILES string of the molecule is CCCN1CCCC(CN)(N2CC3CCCC3C2)CC1. The van der Waals surface area contributed by atoms with Gasteiger partial charge in [0.1, 0.15) is 0 Å². The smallest absolute Gasteiger partial charge is 0.0344 e. The molecule has 3 heteroatoms. The topological polar surface area (TPSA) is 32.5 Å². The minimum Gasteiger partial charge on any atom is -0.329 e. The quantitative estimate of drug-likeness (QED) is 0.857. The Labute approximate surface area is 124 Å². The van der Waals surface area contributed by atoms with Gasteiger partial charge in [-0.05, 0) is 70.0 Å². The van der Waals surface area contributed by atoms with Gasteiger partial charge in [0, 0.05) is 25.2 Å². The summed E-state index contributed by atoms with van der Waals surface area (Å²) in [5, 5.41) is 0. The van der Waals surface area contributed by atoms with E-state index < -0.39 is 0 Å². The fourth-order valence-corrected chi connectivity index (χ4v) is 5.05. The zero-order valence-corrected chi connectivity index (χ0v) is 13.3. The van der Waals surface area contributed by atoms with E-state index in [4.69, 9.17) is 5.73 Å². The first-order valence-electron chi connectivity index (χ1n) is 8.95. The largest absolute Gasteiger partial charge is 0.329 e. The molecule has 2 saturated heterocycles. The summed E-state index contributed by atoms with van der Waals surface area (Å²) < 4.78 is 0. The zero-order chi connectivity index (χ0) is 14.0. The van der Waals surface area contributed by atoms with Gasteiger partial charge in [0.25, 0.3) is 0 Å². The van der Waals surface area contributed by atoms with Gasteiger partial charge in [0.15, 0.2) is 0 Å². The lowest BCUT2D eigenvalue weighted by Gasteiger charge is -2.41. The maximum absolute atomic E-state index is 6.30. The summed E-state index contributed by atoms with van der Waals surface area (Å²) in [6, 6.07) is 0. The summed E-state index contributed by atoms with van der Waals surface area (Å²) in [6.07, 6.45) is 9.66. The van der Waals surface area contributed by atoms with Gasteiger partial charge in [-0.15, -0.1) is 0 Å². The van der Waals surface area contributed by atoms with E-state index in [0.29, 0.717) is 5.54 Å². The first-order chi connectivity index (χ1) is 9.77. The first kappa shape index (κ1) is 14.8. The average molecular weight is 279 g/mol. The van der Waals surface area contributed by atoms with Crippen LogP contribution in [0.4, 0.5) is 0 Å². The van der Waals surface area contributed by atoms with Crippen molar-refractivity contribution in [2.45, 2.75) is 57.4 Å². The molecule has 3 nitrogen and oxygen atoms in total. The second-order valence-corrected chi connectivity index (χ2v) is 7.48. The second-order valence-electron chi connectivity index (χ2n) is 7.48. The van der Waals surface area contributed by atoms with Crippen molar-refractivity contribution in [3.8, 4) is 0 Å². The summed E-state index contributed by atoms with van der Waals surface area (Å²) in [4.78, 5) is 5.48. The molecule has 2 aliphatic heterocycles. The van der Waals surface area contributed by atoms with Crippen LogP contribution in [0, 0.1) is 11.8 Å². The van der Waals surface area contributed by atoms with E-state index in [9.17, 15) is 0 Å². The Balaban J connectivity index is 1.65. The van der Waals surface area contributed by atoms with E-state index in [1.54, 1.807) is 0 Å². The molecule has 0 bridgehead atoms. The lowest BCUT2D eigenvalue weighted by atomic mass is 9.88. The van der Waals surface area contributed by atoms with Gasteiger partial charge in [-0.25, -0.2) is 0 Å². The third kappa shape index (κ3) is 2.77. The lowest BCUT2D eigenvalue weighted by molar-refractivity contribution is 0.0953. The highest BCUT2D eigenvalue weighted by Gasteiger charge is 2.45. The molecular formula is C17H33N3. The van der Waals surface area contributed by atoms with Crippen molar-refractivity contribution >= 4 is 0 Å². The molecule has 3 rings (SSSR count). The van der Waals surface area contributed by atoms with Crippen LogP contribution in [0.15, 0.2) is 0 Å². The molecular weight excluding hydrogens is 246 g/mol. The number of hydrogen-bond donors (Lipinski definition) is 1. The van der Waals surface area contributed by atoms with Crippen LogP contribution in [0.25, 0.3) is 0 Å². The Kier molecular flexibility index (Phi) is 4.68. The Morgan fingerprint density at radius 2 is 1.80 bits per heavy atom. The fraction of sp³-hybridized carbons (Fsp3) is 1.00. The van der Waals surface area contributed by atoms with Gasteiger partial charge in [-0.3, -0.25) is 4.90 Å². The van der Waals surface area contributed by atoms with Crippen LogP contribution in [0.3, 0.4) is 0 Å². The van der Waals surface area contributed by atoms with E-state index >= 15 is 0 Å². The van der Waals surface area contributed by atoms with Gasteiger partial charge in [-0.1, -0.05) is 13.3 Å². The maximum atomic E-state index is 6.30. The summed E-state index contributed by atoms with van der Waals surface area (Å²) in [5.74, 6) is 1.99. The van der Waals surface area contributed by atoms with Crippen molar-refractivity contribution in [2.75, 3.05) is 39.3 Å². The van der Waals surface area contributed by atoms with E-state index in [2.05, 4.69) is 16.7 Å². The molecule has 2 N–H and O–H groups in total. The van der Waals surface area contributed by atoms with Crippen molar-refractivity contribution in [2.24, 2.45) is 17.6 Å². The van der Waals surface area contributed by atoms with Crippen LogP contribution in [-0.4, -0.2) is 54.6 Å². The fourth-order valence-electron chi connectivity index (χ4n) is 5.05. The van der Waals surface area contributed by atoms with E-state index in [1.165, 1.54) is 77.7 Å². The van der Waals surface area contributed by atoms with Crippen LogP contribution < -0.4 is 5.73 Å². The van der Waals surface area contributed by atoms with E-state index in [-0.39, 0.29) is 0 Å². The molecule has 3 aliphatic rings. The molecule has 20 heavy (non-hydrogen) atoms. The monoisotopic (exact) mass is 279 g/mol. The van der Waals surface area contributed by atoms with Gasteiger partial charge >= 0.3 is 0 Å². The minimum atomic E-state index is 0.326. The molecule has 1 aliphatic carbocycles. The van der Waals surface area contributed by atoms with Crippen molar-refractivity contribution in [3.05, 3.63) is 0 Å². The predicted molar refractivity (Wildman–Crippen MR) is 84.8 cm³/mol. The number of hydrogen-bond acceptors (Lipinski definition) is 3. The molecule has 0 amide bonds. The Morgan fingerprint density at radius 1 is 1.05 bits per heavy atom. The molecule has 116 valence electrons. The van der Waals surface area contributed by atoms with E-state index in [1.807, 2.05) is 0 Å². The highest BCUT2D eigenvalue weighted by Crippen LogP contribution is 2.42. The summed E-state index contributed by atoms with van der Waals surface area (Å²) >= 11 is 0. The summed E-state index contributed by atoms with van der Waals surface area (Å²) in [6.45, 7) is 9.67. The molecule has 0 spiro atoms. The van der Waals surface area contributed by atoms with Gasteiger partial charge < -0.3 is 10.6 Å². The first-order valence-corrected chi connectivity index (χ1v) is 8.95. The third-order valence-corrected chi connectivity index (χ3v) is 6.33. The minimum absolute atomic E-state index is 0.326. The molecule has 3 fully saturated rings. The van der Waals surface area contributed by atoms with Crippen molar-refractivity contribution in [3.63, 3.8) is 0 Å². The van der Waals surface area contributed by atoms with E-state index in [0.717, 1.165) is 18.4 Å². The van der Waals surface area contributed by atoms with Gasteiger partial charge in [0.05, 0.1) is 0 Å². The number of nitrogens with zero attached hydrogens (tertiary/aromatic N) is 2. The Bertz CT molecular complexity index is 307. The molecule has 0 radical (unpaired) electrons. The van der Waals surface area contributed by atoms with Crippen LogP contribution >= 0.6 is 0 Å². The van der Waals surface area contributed by atoms with Crippen molar-refractivity contribution in [1.29, 1.82) is 0 Å². The summed E-state index contributed by atoms with van der Waals surface area (Å²) in [7, 11) is 0. The molecule has 2 heterocycles. The standard InChI is InChI=1S/C17H33N3/c1-2-9-19-10-4-7-17(14-18,8-11-19)20-12-15-5-3-6-16(15)13-20/h15-16H,2-14,18H2,1H3. The highest BCUT2D eigenvalue weighted by molar-refractivity contribution is 5.01. The van der Waals surface area contributed by atoms with Gasteiger partial charge in [-0.2, -0.15) is 0 Å². The highest BCUT2D eigenvalue weighted by atomic mass is 15.3. The van der Waals surface area contributed by atoms with Crippen LogP contribution in [-0.2, 0) is 0 Å². The zero-order valence-electron chi connectivity index (χ0n) is 13.3. The number of likely N-dealkylation sites (tertiary alicyclic amines) is 2. The predicted octanol–water partition coefficient (Wildman–Crippen LogP) is 2.31. The van der Waals surface area contributed by atoms with Gasteiger partial charge in [0.2, 0.25) is 0 Å². The maximum Gasteiger partial charge on any atom is 0.0344 e. The van der Waals surface area contributed by atoms with Crippen LogP contribution in [0.1, 0.15) is 51.9 Å². The molecule has 0 aromatic carbocycles.